The lowest BCUT2D eigenvalue weighted by Gasteiger charge is -2.49. The van der Waals surface area contributed by atoms with Crippen molar-refractivity contribution in [3.05, 3.63) is 0 Å². The van der Waals surface area contributed by atoms with E-state index >= 15 is 0 Å². The zero-order chi connectivity index (χ0) is 16.8. The zero-order valence-corrected chi connectivity index (χ0v) is 15.3. The molecule has 3 aliphatic heterocycles. The fourth-order valence-electron chi connectivity index (χ4n) is 5.31. The molecule has 0 N–H and O–H groups in total. The Labute approximate surface area is 140 Å². The van der Waals surface area contributed by atoms with Crippen molar-refractivity contribution in [2.75, 3.05) is 19.6 Å². The average molecular weight is 328 g/mol. The molecule has 2 atom stereocenters. The number of likely N-dealkylation sites (tertiary alicyclic amines) is 1. The molecule has 4 heteroatoms. The summed E-state index contributed by atoms with van der Waals surface area (Å²) in [7, 11) is 0. The molecule has 134 valence electrons. The third kappa shape index (κ3) is 3.73. The van der Waals surface area contributed by atoms with E-state index in [1.54, 1.807) is 0 Å². The highest BCUT2D eigenvalue weighted by atomic mass is 19.3. The fourth-order valence-corrected chi connectivity index (χ4v) is 5.31. The minimum atomic E-state index is -2.46. The molecule has 2 nitrogen and oxygen atoms in total. The normalized spacial score (nSPS) is 35.3. The number of rotatable bonds is 5. The van der Waals surface area contributed by atoms with Crippen LogP contribution in [0.2, 0.25) is 0 Å². The summed E-state index contributed by atoms with van der Waals surface area (Å²) in [5.74, 6) is -0.800. The van der Waals surface area contributed by atoms with Gasteiger partial charge in [0, 0.05) is 37.1 Å². The second kappa shape index (κ2) is 6.25. The van der Waals surface area contributed by atoms with E-state index in [0.717, 1.165) is 36.9 Å². The van der Waals surface area contributed by atoms with Crippen LogP contribution in [0.15, 0.2) is 0 Å². The van der Waals surface area contributed by atoms with Gasteiger partial charge in [0.05, 0.1) is 6.54 Å². The van der Waals surface area contributed by atoms with Crippen LogP contribution in [0.5, 0.6) is 0 Å². The summed E-state index contributed by atoms with van der Waals surface area (Å²) in [5.41, 5.74) is 0.131. The van der Waals surface area contributed by atoms with Crippen LogP contribution in [-0.4, -0.2) is 53.0 Å². The quantitative estimate of drug-likeness (QED) is 0.738. The molecule has 0 radical (unpaired) electrons. The summed E-state index contributed by atoms with van der Waals surface area (Å²) in [6, 6.07) is 1.44. The highest BCUT2D eigenvalue weighted by Crippen LogP contribution is 2.45. The van der Waals surface area contributed by atoms with Gasteiger partial charge in [-0.2, -0.15) is 0 Å². The maximum Gasteiger partial charge on any atom is 0.261 e. The van der Waals surface area contributed by atoms with Gasteiger partial charge >= 0.3 is 0 Å². The molecule has 3 saturated heterocycles. The first-order valence-electron chi connectivity index (χ1n) is 9.56. The summed E-state index contributed by atoms with van der Waals surface area (Å²) in [5, 5.41) is 0. The van der Waals surface area contributed by atoms with Gasteiger partial charge in [-0.1, -0.05) is 13.8 Å². The first kappa shape index (κ1) is 17.6. The van der Waals surface area contributed by atoms with E-state index in [2.05, 4.69) is 32.6 Å². The summed E-state index contributed by atoms with van der Waals surface area (Å²) in [4.78, 5) is 4.73. The molecule has 0 aromatic carbocycles. The maximum atomic E-state index is 13.4. The van der Waals surface area contributed by atoms with E-state index in [9.17, 15) is 8.78 Å². The summed E-state index contributed by atoms with van der Waals surface area (Å²) >= 11 is 0. The van der Waals surface area contributed by atoms with Crippen LogP contribution in [0.3, 0.4) is 0 Å². The topological polar surface area (TPSA) is 6.48 Å². The Hall–Kier alpha value is -0.220. The molecule has 23 heavy (non-hydrogen) atoms. The smallest absolute Gasteiger partial charge is 0.261 e. The minimum Gasteiger partial charge on any atom is -0.297 e. The van der Waals surface area contributed by atoms with Crippen molar-refractivity contribution < 1.29 is 8.78 Å². The third-order valence-corrected chi connectivity index (χ3v) is 6.70. The molecule has 3 fully saturated rings. The van der Waals surface area contributed by atoms with Crippen molar-refractivity contribution >= 4 is 0 Å². The Bertz CT molecular complexity index is 408. The van der Waals surface area contributed by atoms with E-state index in [0.29, 0.717) is 6.54 Å². The molecule has 2 bridgehead atoms. The third-order valence-electron chi connectivity index (χ3n) is 6.70. The Morgan fingerprint density at radius 3 is 2.22 bits per heavy atom. The number of hydrogen-bond acceptors (Lipinski definition) is 2. The monoisotopic (exact) mass is 328 g/mol. The predicted octanol–water partition coefficient (Wildman–Crippen LogP) is 4.40. The van der Waals surface area contributed by atoms with Gasteiger partial charge in [0.2, 0.25) is 0 Å². The van der Waals surface area contributed by atoms with Crippen LogP contribution in [0, 0.1) is 11.8 Å². The van der Waals surface area contributed by atoms with Crippen molar-refractivity contribution in [2.24, 2.45) is 11.8 Å². The number of alkyl halides is 2. The van der Waals surface area contributed by atoms with Crippen LogP contribution in [-0.2, 0) is 0 Å². The van der Waals surface area contributed by atoms with E-state index in [-0.39, 0.29) is 18.5 Å². The van der Waals surface area contributed by atoms with Gasteiger partial charge in [-0.25, -0.2) is 8.78 Å². The highest BCUT2D eigenvalue weighted by molar-refractivity contribution is 5.02. The molecule has 0 amide bonds. The van der Waals surface area contributed by atoms with E-state index < -0.39 is 5.92 Å². The Morgan fingerprint density at radius 1 is 1.13 bits per heavy atom. The molecule has 3 rings (SSSR count). The van der Waals surface area contributed by atoms with Gasteiger partial charge in [0.25, 0.3) is 5.92 Å². The lowest BCUT2D eigenvalue weighted by Crippen LogP contribution is -2.55. The van der Waals surface area contributed by atoms with Crippen molar-refractivity contribution in [1.82, 2.24) is 9.80 Å². The number of hydrogen-bond donors (Lipinski definition) is 0. The van der Waals surface area contributed by atoms with Gasteiger partial charge in [-0.15, -0.1) is 0 Å². The molecule has 0 spiro atoms. The number of fused-ring (bicyclic) bond motifs is 2. The molecule has 2 unspecified atom stereocenters. The van der Waals surface area contributed by atoms with Gasteiger partial charge in [0.1, 0.15) is 0 Å². The fraction of sp³-hybridized carbons (Fsp3) is 1.00. The molecule has 3 heterocycles. The SMILES string of the molecule is CC(C)C1CC2CCC(C1)N2C(C)(C)CCN1CCC(F)(F)C1. The van der Waals surface area contributed by atoms with E-state index in [1.165, 1.54) is 25.7 Å². The second-order valence-electron chi connectivity index (χ2n) is 9.21. The van der Waals surface area contributed by atoms with Gasteiger partial charge < -0.3 is 0 Å². The number of nitrogens with zero attached hydrogens (tertiary/aromatic N) is 2. The van der Waals surface area contributed by atoms with E-state index in [1.807, 2.05) is 4.90 Å². The number of piperidine rings is 1. The number of halogens is 2. The Balaban J connectivity index is 1.58. The van der Waals surface area contributed by atoms with Crippen molar-refractivity contribution in [3.63, 3.8) is 0 Å². The largest absolute Gasteiger partial charge is 0.297 e. The van der Waals surface area contributed by atoms with E-state index in [4.69, 9.17) is 0 Å². The van der Waals surface area contributed by atoms with Crippen LogP contribution < -0.4 is 0 Å². The lowest BCUT2D eigenvalue weighted by atomic mass is 9.80. The van der Waals surface area contributed by atoms with Gasteiger partial charge in [-0.05, 0) is 57.8 Å². The summed E-state index contributed by atoms with van der Waals surface area (Å²) < 4.78 is 26.7. The second-order valence-corrected chi connectivity index (χ2v) is 9.21. The minimum absolute atomic E-state index is 0.0363. The molecule has 0 aromatic rings. The summed E-state index contributed by atoms with van der Waals surface area (Å²) in [6.07, 6.45) is 6.37. The van der Waals surface area contributed by atoms with Crippen molar-refractivity contribution in [2.45, 2.75) is 89.8 Å². The van der Waals surface area contributed by atoms with Gasteiger partial charge in [0.15, 0.2) is 0 Å². The molecular formula is C19H34F2N2. The Morgan fingerprint density at radius 2 is 1.74 bits per heavy atom. The van der Waals surface area contributed by atoms with Crippen LogP contribution in [0.4, 0.5) is 8.78 Å². The van der Waals surface area contributed by atoms with Gasteiger partial charge in [-0.3, -0.25) is 9.80 Å². The zero-order valence-electron chi connectivity index (χ0n) is 15.3. The first-order chi connectivity index (χ1) is 10.7. The molecular weight excluding hydrogens is 294 g/mol. The van der Waals surface area contributed by atoms with Crippen molar-refractivity contribution in [1.29, 1.82) is 0 Å². The Kier molecular flexibility index (Phi) is 4.78. The first-order valence-corrected chi connectivity index (χ1v) is 9.56. The molecule has 0 saturated carbocycles. The lowest BCUT2D eigenvalue weighted by molar-refractivity contribution is -0.0104. The van der Waals surface area contributed by atoms with Crippen molar-refractivity contribution in [3.8, 4) is 0 Å². The van der Waals surface area contributed by atoms with Crippen LogP contribution in [0.1, 0.15) is 66.2 Å². The van der Waals surface area contributed by atoms with Crippen LogP contribution >= 0.6 is 0 Å². The average Bonchev–Trinajstić information content (AvgIpc) is 2.94. The maximum absolute atomic E-state index is 13.4. The predicted molar refractivity (Wildman–Crippen MR) is 90.9 cm³/mol. The highest BCUT2D eigenvalue weighted by Gasteiger charge is 2.47. The molecule has 0 aromatic heterocycles. The van der Waals surface area contributed by atoms with Crippen LogP contribution in [0.25, 0.3) is 0 Å². The molecule has 3 aliphatic rings. The standard InChI is InChI=1S/C19H34F2N2/c1-14(2)15-11-16-5-6-17(12-15)23(16)18(3,4)7-9-22-10-8-19(20,21)13-22/h14-17H,5-13H2,1-4H3. The summed E-state index contributed by atoms with van der Waals surface area (Å²) in [6.45, 7) is 10.7. The molecule has 0 aliphatic carbocycles.